The molecule has 0 bridgehead atoms. The smallest absolute Gasteiger partial charge is 0.267 e. The van der Waals surface area contributed by atoms with E-state index in [1.54, 1.807) is 6.07 Å². The molecule has 0 aliphatic rings. The third-order valence-electron chi connectivity index (χ3n) is 1.78. The maximum absolute atomic E-state index is 11.6. The molecular formula is C9H14N2OS. The van der Waals surface area contributed by atoms with Crippen LogP contribution in [-0.4, -0.2) is 9.78 Å². The third-order valence-corrected chi connectivity index (χ3v) is 2.12. The van der Waals surface area contributed by atoms with Crippen molar-refractivity contribution >= 4 is 12.6 Å². The quantitative estimate of drug-likeness (QED) is 0.745. The summed E-state index contributed by atoms with van der Waals surface area (Å²) in [5, 5.41) is 4.14. The molecule has 0 amide bonds. The normalized spacial score (nSPS) is 10.4. The van der Waals surface area contributed by atoms with E-state index in [0.717, 1.165) is 17.7 Å². The minimum Gasteiger partial charge on any atom is -0.267 e. The summed E-state index contributed by atoms with van der Waals surface area (Å²) in [6.07, 6.45) is 0.919. The minimum absolute atomic E-state index is 0.0116. The lowest BCUT2D eigenvalue weighted by molar-refractivity contribution is 0.557. The Kier molecular flexibility index (Phi) is 3.54. The molecule has 0 aliphatic carbocycles. The van der Waals surface area contributed by atoms with E-state index in [9.17, 15) is 4.79 Å². The van der Waals surface area contributed by atoms with Crippen molar-refractivity contribution < 1.29 is 0 Å². The molecule has 13 heavy (non-hydrogen) atoms. The van der Waals surface area contributed by atoms with E-state index in [2.05, 4.69) is 17.7 Å². The van der Waals surface area contributed by atoms with Crippen LogP contribution in [0.5, 0.6) is 0 Å². The van der Waals surface area contributed by atoms with Gasteiger partial charge in [0.05, 0.1) is 5.69 Å². The zero-order chi connectivity index (χ0) is 9.84. The van der Waals surface area contributed by atoms with Gasteiger partial charge in [0, 0.05) is 17.9 Å². The molecule has 1 rings (SSSR count). The standard InChI is InChI=1S/C9H14N2OS/c1-3-4-11-9(12)8(6-13)5-7(2)10-11/h5,13H,3-4,6H2,1-2H3. The SMILES string of the molecule is CCCn1nc(C)cc(CS)c1=O. The monoisotopic (exact) mass is 198 g/mol. The van der Waals surface area contributed by atoms with Gasteiger partial charge in [0.1, 0.15) is 0 Å². The Balaban J connectivity index is 3.19. The average Bonchev–Trinajstić information content (AvgIpc) is 2.11. The van der Waals surface area contributed by atoms with E-state index in [-0.39, 0.29) is 5.56 Å². The maximum Gasteiger partial charge on any atom is 0.270 e. The fourth-order valence-corrected chi connectivity index (χ4v) is 1.45. The van der Waals surface area contributed by atoms with E-state index in [1.807, 2.05) is 13.8 Å². The Labute approximate surface area is 83.2 Å². The fraction of sp³-hybridized carbons (Fsp3) is 0.556. The summed E-state index contributed by atoms with van der Waals surface area (Å²) in [6.45, 7) is 4.59. The molecule has 0 aromatic carbocycles. The van der Waals surface area contributed by atoms with E-state index < -0.39 is 0 Å². The molecule has 0 atom stereocenters. The van der Waals surface area contributed by atoms with Crippen LogP contribution < -0.4 is 5.56 Å². The third kappa shape index (κ3) is 2.34. The van der Waals surface area contributed by atoms with Crippen LogP contribution in [0.1, 0.15) is 24.6 Å². The second-order valence-corrected chi connectivity index (χ2v) is 3.31. The van der Waals surface area contributed by atoms with Crippen molar-refractivity contribution in [2.24, 2.45) is 0 Å². The van der Waals surface area contributed by atoms with Crippen molar-refractivity contribution in [3.05, 3.63) is 27.7 Å². The Hall–Kier alpha value is -0.770. The first-order chi connectivity index (χ1) is 6.19. The molecule has 72 valence electrons. The largest absolute Gasteiger partial charge is 0.270 e. The van der Waals surface area contributed by atoms with Crippen LogP contribution >= 0.6 is 12.6 Å². The minimum atomic E-state index is -0.0116. The molecule has 0 spiro atoms. The number of nitrogens with zero attached hydrogens (tertiary/aromatic N) is 2. The summed E-state index contributed by atoms with van der Waals surface area (Å²) < 4.78 is 1.51. The van der Waals surface area contributed by atoms with Gasteiger partial charge in [-0.15, -0.1) is 0 Å². The molecule has 3 nitrogen and oxygen atoms in total. The van der Waals surface area contributed by atoms with E-state index in [4.69, 9.17) is 0 Å². The zero-order valence-corrected chi connectivity index (χ0v) is 8.84. The molecule has 0 N–H and O–H groups in total. The van der Waals surface area contributed by atoms with Gasteiger partial charge in [0.15, 0.2) is 0 Å². The molecule has 0 saturated carbocycles. The molecule has 0 radical (unpaired) electrons. The first kappa shape index (κ1) is 10.3. The van der Waals surface area contributed by atoms with Crippen LogP contribution in [0.2, 0.25) is 0 Å². The topological polar surface area (TPSA) is 34.9 Å². The van der Waals surface area contributed by atoms with Gasteiger partial charge in [0.2, 0.25) is 0 Å². The van der Waals surface area contributed by atoms with Crippen LogP contribution in [0.15, 0.2) is 10.9 Å². The van der Waals surface area contributed by atoms with Crippen LogP contribution in [0, 0.1) is 6.92 Å². The van der Waals surface area contributed by atoms with Crippen molar-refractivity contribution in [3.63, 3.8) is 0 Å². The first-order valence-electron chi connectivity index (χ1n) is 4.37. The van der Waals surface area contributed by atoms with Crippen LogP contribution in [-0.2, 0) is 12.3 Å². The highest BCUT2D eigenvalue weighted by Crippen LogP contribution is 1.98. The van der Waals surface area contributed by atoms with Crippen molar-refractivity contribution in [2.45, 2.75) is 32.6 Å². The average molecular weight is 198 g/mol. The lowest BCUT2D eigenvalue weighted by atomic mass is 10.3. The highest BCUT2D eigenvalue weighted by molar-refractivity contribution is 7.79. The van der Waals surface area contributed by atoms with Gasteiger partial charge in [-0.1, -0.05) is 6.92 Å². The maximum atomic E-state index is 11.6. The highest BCUT2D eigenvalue weighted by Gasteiger charge is 2.03. The number of hydrogen-bond acceptors (Lipinski definition) is 3. The van der Waals surface area contributed by atoms with Crippen molar-refractivity contribution in [1.29, 1.82) is 0 Å². The number of thiol groups is 1. The molecule has 4 heteroatoms. The number of aromatic nitrogens is 2. The van der Waals surface area contributed by atoms with E-state index >= 15 is 0 Å². The number of rotatable bonds is 3. The lowest BCUT2D eigenvalue weighted by Crippen LogP contribution is -2.26. The molecule has 1 aromatic rings. The predicted molar refractivity (Wildman–Crippen MR) is 56.2 cm³/mol. The van der Waals surface area contributed by atoms with Crippen molar-refractivity contribution in [2.75, 3.05) is 0 Å². The summed E-state index contributed by atoms with van der Waals surface area (Å²) in [7, 11) is 0. The van der Waals surface area contributed by atoms with Crippen LogP contribution in [0.25, 0.3) is 0 Å². The Morgan fingerprint density at radius 3 is 2.85 bits per heavy atom. The molecule has 1 heterocycles. The fourth-order valence-electron chi connectivity index (χ4n) is 1.22. The number of hydrogen-bond donors (Lipinski definition) is 1. The van der Waals surface area contributed by atoms with Crippen molar-refractivity contribution in [3.8, 4) is 0 Å². The predicted octanol–water partition coefficient (Wildman–Crippen LogP) is 1.39. The Bertz CT molecular complexity index is 346. The van der Waals surface area contributed by atoms with Crippen LogP contribution in [0.4, 0.5) is 0 Å². The summed E-state index contributed by atoms with van der Waals surface area (Å²) in [6, 6.07) is 1.79. The molecule has 0 saturated heterocycles. The molecular weight excluding hydrogens is 184 g/mol. The van der Waals surface area contributed by atoms with Gasteiger partial charge in [-0.05, 0) is 19.4 Å². The van der Waals surface area contributed by atoms with Gasteiger partial charge in [-0.25, -0.2) is 4.68 Å². The Morgan fingerprint density at radius 1 is 1.62 bits per heavy atom. The van der Waals surface area contributed by atoms with Gasteiger partial charge in [-0.3, -0.25) is 4.79 Å². The lowest BCUT2D eigenvalue weighted by Gasteiger charge is -2.05. The Morgan fingerprint density at radius 2 is 2.31 bits per heavy atom. The number of aryl methyl sites for hydroxylation is 2. The molecule has 0 aliphatic heterocycles. The van der Waals surface area contributed by atoms with E-state index in [1.165, 1.54) is 4.68 Å². The molecule has 1 aromatic heterocycles. The van der Waals surface area contributed by atoms with Gasteiger partial charge < -0.3 is 0 Å². The highest BCUT2D eigenvalue weighted by atomic mass is 32.1. The summed E-state index contributed by atoms with van der Waals surface area (Å²) in [5.41, 5.74) is 1.59. The zero-order valence-electron chi connectivity index (χ0n) is 7.95. The second kappa shape index (κ2) is 4.46. The molecule has 0 fully saturated rings. The molecule has 0 unspecified atom stereocenters. The van der Waals surface area contributed by atoms with Crippen LogP contribution in [0.3, 0.4) is 0 Å². The second-order valence-electron chi connectivity index (χ2n) is 3.00. The summed E-state index contributed by atoms with van der Waals surface area (Å²) >= 11 is 4.10. The van der Waals surface area contributed by atoms with Gasteiger partial charge in [-0.2, -0.15) is 17.7 Å². The van der Waals surface area contributed by atoms with Gasteiger partial charge in [0.25, 0.3) is 5.56 Å². The van der Waals surface area contributed by atoms with E-state index in [0.29, 0.717) is 12.3 Å². The first-order valence-corrected chi connectivity index (χ1v) is 5.00. The summed E-state index contributed by atoms with van der Waals surface area (Å²) in [4.78, 5) is 11.6. The summed E-state index contributed by atoms with van der Waals surface area (Å²) in [5.74, 6) is 0.478. The van der Waals surface area contributed by atoms with Gasteiger partial charge >= 0.3 is 0 Å². The van der Waals surface area contributed by atoms with Crippen molar-refractivity contribution in [1.82, 2.24) is 9.78 Å².